The van der Waals surface area contributed by atoms with Crippen LogP contribution in [0.2, 0.25) is 0 Å². The quantitative estimate of drug-likeness (QED) is 0.840. The van der Waals surface area contributed by atoms with Crippen LogP contribution in [0.4, 0.5) is 5.88 Å². The van der Waals surface area contributed by atoms with Gasteiger partial charge in [0.25, 0.3) is 10.0 Å². The molecule has 0 atom stereocenters. The molecule has 0 aliphatic heterocycles. The average Bonchev–Trinajstić information content (AvgIpc) is 2.60. The molecule has 8 heteroatoms. The maximum atomic E-state index is 12.3. The molecule has 0 amide bonds. The molecule has 19 heavy (non-hydrogen) atoms. The van der Waals surface area contributed by atoms with Crippen LogP contribution in [-0.4, -0.2) is 13.6 Å². The summed E-state index contributed by atoms with van der Waals surface area (Å²) in [6.45, 7) is 3.48. The minimum atomic E-state index is -3.72. The number of nitrogens with one attached hydrogen (secondary N) is 1. The Morgan fingerprint density at radius 3 is 2.47 bits per heavy atom. The van der Waals surface area contributed by atoms with E-state index < -0.39 is 10.0 Å². The Kier molecular flexibility index (Phi) is 4.03. The Labute approximate surface area is 127 Å². The minimum Gasteiger partial charge on any atom is -0.337 e. The molecule has 1 heterocycles. The molecule has 0 unspecified atom stereocenters. The number of anilines is 1. The summed E-state index contributed by atoms with van der Waals surface area (Å²) in [5.41, 5.74) is 1.31. The summed E-state index contributed by atoms with van der Waals surface area (Å²) >= 11 is 6.50. The van der Waals surface area contributed by atoms with E-state index in [1.165, 1.54) is 6.07 Å². The van der Waals surface area contributed by atoms with Gasteiger partial charge in [-0.05, 0) is 48.0 Å². The van der Waals surface area contributed by atoms with E-state index in [1.807, 2.05) is 0 Å². The number of hydrogen-bond donors (Lipinski definition) is 1. The van der Waals surface area contributed by atoms with E-state index in [0.29, 0.717) is 15.7 Å². The van der Waals surface area contributed by atoms with Gasteiger partial charge in [0.05, 0.1) is 5.69 Å². The summed E-state index contributed by atoms with van der Waals surface area (Å²) in [4.78, 5) is 0.129. The standard InChI is InChI=1S/C11H10Br2N2O3S/c1-6-7(2)14-18-11(6)15-19(16,17)10-4-3-8(12)5-9(10)13/h3-5,15H,1-2H3. The van der Waals surface area contributed by atoms with Crippen LogP contribution in [-0.2, 0) is 10.0 Å². The molecule has 0 spiro atoms. The molecule has 1 aromatic heterocycles. The van der Waals surface area contributed by atoms with Gasteiger partial charge in [0.15, 0.2) is 0 Å². The Morgan fingerprint density at radius 2 is 1.95 bits per heavy atom. The van der Waals surface area contributed by atoms with Crippen molar-refractivity contribution in [2.24, 2.45) is 0 Å². The number of sulfonamides is 1. The fourth-order valence-electron chi connectivity index (χ4n) is 1.38. The van der Waals surface area contributed by atoms with E-state index in [-0.39, 0.29) is 10.8 Å². The molecule has 0 aliphatic carbocycles. The Bertz CT molecular complexity index is 726. The molecule has 0 radical (unpaired) electrons. The molecular weight excluding hydrogens is 400 g/mol. The Morgan fingerprint density at radius 1 is 1.26 bits per heavy atom. The second-order valence-electron chi connectivity index (χ2n) is 3.90. The van der Waals surface area contributed by atoms with Gasteiger partial charge < -0.3 is 4.52 Å². The van der Waals surface area contributed by atoms with Crippen LogP contribution in [0.25, 0.3) is 0 Å². The number of aromatic nitrogens is 1. The Hall–Kier alpha value is -0.860. The first-order valence-corrected chi connectivity index (χ1v) is 8.29. The number of benzene rings is 1. The number of rotatable bonds is 3. The molecule has 0 saturated carbocycles. The van der Waals surface area contributed by atoms with Crippen molar-refractivity contribution in [1.82, 2.24) is 5.16 Å². The lowest BCUT2D eigenvalue weighted by molar-refractivity contribution is 0.430. The fraction of sp³-hybridized carbons (Fsp3) is 0.182. The zero-order valence-electron chi connectivity index (χ0n) is 10.1. The smallest absolute Gasteiger partial charge is 0.265 e. The molecule has 0 bridgehead atoms. The highest BCUT2D eigenvalue weighted by Crippen LogP contribution is 2.28. The third kappa shape index (κ3) is 3.01. The van der Waals surface area contributed by atoms with Gasteiger partial charge in [0.1, 0.15) is 4.90 Å². The van der Waals surface area contributed by atoms with Crippen LogP contribution in [0.3, 0.4) is 0 Å². The normalized spacial score (nSPS) is 11.6. The average molecular weight is 410 g/mol. The van der Waals surface area contributed by atoms with Crippen molar-refractivity contribution in [2.75, 3.05) is 4.72 Å². The summed E-state index contributed by atoms with van der Waals surface area (Å²) in [6.07, 6.45) is 0. The summed E-state index contributed by atoms with van der Waals surface area (Å²) in [6, 6.07) is 4.81. The van der Waals surface area contributed by atoms with Crippen molar-refractivity contribution in [2.45, 2.75) is 18.7 Å². The van der Waals surface area contributed by atoms with Crippen LogP contribution >= 0.6 is 31.9 Å². The highest BCUT2D eigenvalue weighted by atomic mass is 79.9. The van der Waals surface area contributed by atoms with E-state index in [4.69, 9.17) is 4.52 Å². The van der Waals surface area contributed by atoms with E-state index >= 15 is 0 Å². The van der Waals surface area contributed by atoms with Gasteiger partial charge in [-0.1, -0.05) is 21.1 Å². The molecule has 0 saturated heterocycles. The van der Waals surface area contributed by atoms with Crippen LogP contribution in [0.5, 0.6) is 0 Å². The van der Waals surface area contributed by atoms with Crippen LogP contribution in [0.1, 0.15) is 11.3 Å². The topological polar surface area (TPSA) is 72.2 Å². The number of halogens is 2. The second kappa shape index (κ2) is 5.26. The Balaban J connectivity index is 2.41. The van der Waals surface area contributed by atoms with Gasteiger partial charge in [0.2, 0.25) is 5.88 Å². The number of hydrogen-bond acceptors (Lipinski definition) is 4. The lowest BCUT2D eigenvalue weighted by Crippen LogP contribution is -2.13. The first kappa shape index (κ1) is 14.5. The molecule has 2 rings (SSSR count). The van der Waals surface area contributed by atoms with Crippen molar-refractivity contribution in [1.29, 1.82) is 0 Å². The predicted octanol–water partition coefficient (Wildman–Crippen LogP) is 3.62. The summed E-state index contributed by atoms with van der Waals surface area (Å²) in [5.74, 6) is 0.132. The monoisotopic (exact) mass is 408 g/mol. The summed E-state index contributed by atoms with van der Waals surface area (Å²) < 4.78 is 33.1. The zero-order chi connectivity index (χ0) is 14.2. The highest BCUT2D eigenvalue weighted by Gasteiger charge is 2.21. The van der Waals surface area contributed by atoms with E-state index in [1.54, 1.807) is 26.0 Å². The molecule has 0 fully saturated rings. The SMILES string of the molecule is Cc1noc(NS(=O)(=O)c2ccc(Br)cc2Br)c1C. The van der Waals surface area contributed by atoms with Crippen LogP contribution in [0.15, 0.2) is 36.6 Å². The maximum absolute atomic E-state index is 12.3. The highest BCUT2D eigenvalue weighted by molar-refractivity contribution is 9.11. The second-order valence-corrected chi connectivity index (χ2v) is 7.32. The largest absolute Gasteiger partial charge is 0.337 e. The summed E-state index contributed by atoms with van der Waals surface area (Å²) in [5, 5.41) is 3.71. The molecule has 1 aromatic carbocycles. The fourth-order valence-corrected chi connectivity index (χ4v) is 4.17. The lowest BCUT2D eigenvalue weighted by Gasteiger charge is -2.07. The maximum Gasteiger partial charge on any atom is 0.265 e. The van der Waals surface area contributed by atoms with Crippen LogP contribution in [0, 0.1) is 13.8 Å². The summed E-state index contributed by atoms with van der Waals surface area (Å²) in [7, 11) is -3.72. The van der Waals surface area contributed by atoms with Crippen molar-refractivity contribution in [3.63, 3.8) is 0 Å². The van der Waals surface area contributed by atoms with E-state index in [0.717, 1.165) is 4.47 Å². The molecule has 1 N–H and O–H groups in total. The molecular formula is C11H10Br2N2O3S. The van der Waals surface area contributed by atoms with Crippen molar-refractivity contribution >= 4 is 47.8 Å². The van der Waals surface area contributed by atoms with Gasteiger partial charge in [-0.3, -0.25) is 0 Å². The first-order chi connectivity index (χ1) is 8.81. The minimum absolute atomic E-state index is 0.129. The van der Waals surface area contributed by atoms with Gasteiger partial charge in [0, 0.05) is 14.5 Å². The van der Waals surface area contributed by atoms with E-state index in [2.05, 4.69) is 41.7 Å². The molecule has 0 aliphatic rings. The van der Waals surface area contributed by atoms with Gasteiger partial charge >= 0.3 is 0 Å². The molecule has 102 valence electrons. The van der Waals surface area contributed by atoms with E-state index in [9.17, 15) is 8.42 Å². The zero-order valence-corrected chi connectivity index (χ0v) is 14.1. The van der Waals surface area contributed by atoms with Crippen molar-refractivity contribution < 1.29 is 12.9 Å². The van der Waals surface area contributed by atoms with Gasteiger partial charge in [-0.2, -0.15) is 0 Å². The van der Waals surface area contributed by atoms with Gasteiger partial charge in [-0.25, -0.2) is 13.1 Å². The lowest BCUT2D eigenvalue weighted by atomic mass is 10.3. The third-order valence-corrected chi connectivity index (χ3v) is 5.37. The number of aryl methyl sites for hydroxylation is 1. The first-order valence-electron chi connectivity index (χ1n) is 5.22. The predicted molar refractivity (Wildman–Crippen MR) is 78.6 cm³/mol. The van der Waals surface area contributed by atoms with Gasteiger partial charge in [-0.15, -0.1) is 0 Å². The van der Waals surface area contributed by atoms with Crippen LogP contribution < -0.4 is 4.72 Å². The molecule has 5 nitrogen and oxygen atoms in total. The van der Waals surface area contributed by atoms with Crippen molar-refractivity contribution in [3.05, 3.63) is 38.4 Å². The molecule has 2 aromatic rings. The number of nitrogens with zero attached hydrogens (tertiary/aromatic N) is 1. The third-order valence-electron chi connectivity index (χ3n) is 2.57. The van der Waals surface area contributed by atoms with Crippen molar-refractivity contribution in [3.8, 4) is 0 Å².